The number of hydrogen-bond acceptors (Lipinski definition) is 1. The first-order chi connectivity index (χ1) is 5.18. The van der Waals surface area contributed by atoms with Crippen molar-refractivity contribution in [2.45, 2.75) is 26.9 Å². The normalized spacial score (nSPS) is 10.2. The van der Waals surface area contributed by atoms with Gasteiger partial charge in [0.1, 0.15) is 5.75 Å². The Morgan fingerprint density at radius 1 is 1.36 bits per heavy atom. The van der Waals surface area contributed by atoms with Crippen molar-refractivity contribution in [2.75, 3.05) is 0 Å². The predicted octanol–water partition coefficient (Wildman–Crippen LogP) is 2.58. The summed E-state index contributed by atoms with van der Waals surface area (Å²) in [5, 5.41) is 0. The number of rotatable bonds is 2. The first-order valence-corrected chi connectivity index (χ1v) is 3.83. The SMILES string of the molecule is Cc1c[c]c(OC(C)C)cc1. The van der Waals surface area contributed by atoms with Crippen LogP contribution in [0.2, 0.25) is 0 Å². The lowest BCUT2D eigenvalue weighted by Gasteiger charge is -2.08. The van der Waals surface area contributed by atoms with Gasteiger partial charge in [-0.2, -0.15) is 0 Å². The third-order valence-electron chi connectivity index (χ3n) is 1.30. The molecule has 1 heteroatoms. The van der Waals surface area contributed by atoms with Crippen LogP contribution in [0.1, 0.15) is 19.4 Å². The van der Waals surface area contributed by atoms with Gasteiger partial charge in [-0.3, -0.25) is 0 Å². The Morgan fingerprint density at radius 3 is 2.55 bits per heavy atom. The predicted molar refractivity (Wildman–Crippen MR) is 45.8 cm³/mol. The average Bonchev–Trinajstić information content (AvgIpc) is 1.93. The monoisotopic (exact) mass is 149 g/mol. The van der Waals surface area contributed by atoms with Gasteiger partial charge in [-0.15, -0.1) is 0 Å². The second kappa shape index (κ2) is 3.42. The molecule has 1 rings (SSSR count). The summed E-state index contributed by atoms with van der Waals surface area (Å²) in [6.07, 6.45) is 0.231. The van der Waals surface area contributed by atoms with Crippen LogP contribution in [0.15, 0.2) is 18.2 Å². The fourth-order valence-corrected chi connectivity index (χ4v) is 0.816. The van der Waals surface area contributed by atoms with Crippen LogP contribution in [0.5, 0.6) is 5.75 Å². The van der Waals surface area contributed by atoms with Crippen LogP contribution in [-0.2, 0) is 0 Å². The molecule has 0 saturated carbocycles. The van der Waals surface area contributed by atoms with E-state index in [4.69, 9.17) is 4.74 Å². The zero-order valence-electron chi connectivity index (χ0n) is 7.22. The molecule has 1 aromatic carbocycles. The van der Waals surface area contributed by atoms with E-state index in [9.17, 15) is 0 Å². The second-order valence-corrected chi connectivity index (χ2v) is 2.90. The number of hydrogen-bond donors (Lipinski definition) is 0. The van der Waals surface area contributed by atoms with Crippen LogP contribution in [0, 0.1) is 13.0 Å². The van der Waals surface area contributed by atoms with Crippen molar-refractivity contribution in [1.82, 2.24) is 0 Å². The maximum Gasteiger partial charge on any atom is 0.127 e. The van der Waals surface area contributed by atoms with Gasteiger partial charge < -0.3 is 4.74 Å². The Labute approximate surface area is 68.0 Å². The first-order valence-electron chi connectivity index (χ1n) is 3.83. The van der Waals surface area contributed by atoms with E-state index in [0.29, 0.717) is 0 Å². The minimum Gasteiger partial charge on any atom is -0.490 e. The Hall–Kier alpha value is -0.980. The Kier molecular flexibility index (Phi) is 2.53. The summed E-state index contributed by atoms with van der Waals surface area (Å²) < 4.78 is 5.41. The molecule has 1 radical (unpaired) electrons. The molecule has 0 aliphatic rings. The highest BCUT2D eigenvalue weighted by atomic mass is 16.5. The summed E-state index contributed by atoms with van der Waals surface area (Å²) >= 11 is 0. The van der Waals surface area contributed by atoms with E-state index in [0.717, 1.165) is 5.75 Å². The van der Waals surface area contributed by atoms with Gasteiger partial charge in [0.25, 0.3) is 0 Å². The van der Waals surface area contributed by atoms with Gasteiger partial charge in [-0.25, -0.2) is 0 Å². The van der Waals surface area contributed by atoms with E-state index in [1.165, 1.54) is 5.56 Å². The highest BCUT2D eigenvalue weighted by Gasteiger charge is 1.95. The van der Waals surface area contributed by atoms with Crippen molar-refractivity contribution in [1.29, 1.82) is 0 Å². The lowest BCUT2D eigenvalue weighted by molar-refractivity contribution is 0.242. The van der Waals surface area contributed by atoms with E-state index in [2.05, 4.69) is 6.07 Å². The third kappa shape index (κ3) is 2.62. The van der Waals surface area contributed by atoms with Crippen LogP contribution < -0.4 is 4.74 Å². The molecule has 0 bridgehead atoms. The molecule has 0 aliphatic carbocycles. The topological polar surface area (TPSA) is 9.23 Å². The summed E-state index contributed by atoms with van der Waals surface area (Å²) in [6, 6.07) is 8.94. The Bertz CT molecular complexity index is 211. The molecule has 0 fully saturated rings. The van der Waals surface area contributed by atoms with E-state index in [-0.39, 0.29) is 6.10 Å². The van der Waals surface area contributed by atoms with Crippen molar-refractivity contribution >= 4 is 0 Å². The molecule has 0 atom stereocenters. The van der Waals surface area contributed by atoms with E-state index in [1.807, 2.05) is 39.0 Å². The average molecular weight is 149 g/mol. The lowest BCUT2D eigenvalue weighted by Crippen LogP contribution is -2.05. The van der Waals surface area contributed by atoms with Crippen LogP contribution in [0.4, 0.5) is 0 Å². The standard InChI is InChI=1S/C10H13O/c1-8(2)11-10-6-4-9(3)5-7-10/h4-6,8H,1-3H3. The largest absolute Gasteiger partial charge is 0.490 e. The molecular formula is C10H13O. The van der Waals surface area contributed by atoms with Gasteiger partial charge in [0.2, 0.25) is 0 Å². The van der Waals surface area contributed by atoms with Crippen LogP contribution in [0.3, 0.4) is 0 Å². The van der Waals surface area contributed by atoms with Crippen LogP contribution in [-0.4, -0.2) is 6.10 Å². The molecule has 11 heavy (non-hydrogen) atoms. The molecule has 0 aromatic heterocycles. The summed E-state index contributed by atoms with van der Waals surface area (Å²) in [5.74, 6) is 0.825. The van der Waals surface area contributed by atoms with E-state index in [1.54, 1.807) is 0 Å². The van der Waals surface area contributed by atoms with Gasteiger partial charge in [0.05, 0.1) is 6.10 Å². The Morgan fingerprint density at radius 2 is 2.09 bits per heavy atom. The highest BCUT2D eigenvalue weighted by Crippen LogP contribution is 2.11. The van der Waals surface area contributed by atoms with Crippen molar-refractivity contribution in [3.8, 4) is 5.75 Å². The molecule has 1 aromatic rings. The van der Waals surface area contributed by atoms with Gasteiger partial charge >= 0.3 is 0 Å². The summed E-state index contributed by atoms with van der Waals surface area (Å²) in [6.45, 7) is 6.05. The molecule has 0 unspecified atom stereocenters. The van der Waals surface area contributed by atoms with Crippen molar-refractivity contribution < 1.29 is 4.74 Å². The first kappa shape index (κ1) is 8.12. The number of benzene rings is 1. The van der Waals surface area contributed by atoms with Crippen molar-refractivity contribution in [2.24, 2.45) is 0 Å². The third-order valence-corrected chi connectivity index (χ3v) is 1.30. The molecule has 0 amide bonds. The minimum absolute atomic E-state index is 0.231. The molecule has 0 N–H and O–H groups in total. The van der Waals surface area contributed by atoms with Crippen LogP contribution >= 0.6 is 0 Å². The molecule has 0 aliphatic heterocycles. The molecule has 1 nitrogen and oxygen atoms in total. The van der Waals surface area contributed by atoms with E-state index < -0.39 is 0 Å². The molecule has 0 heterocycles. The fraction of sp³-hybridized carbons (Fsp3) is 0.400. The minimum atomic E-state index is 0.231. The lowest BCUT2D eigenvalue weighted by atomic mass is 10.2. The highest BCUT2D eigenvalue weighted by molar-refractivity contribution is 5.24. The van der Waals surface area contributed by atoms with Gasteiger partial charge in [-0.05, 0) is 32.9 Å². The van der Waals surface area contributed by atoms with Crippen molar-refractivity contribution in [3.05, 3.63) is 29.8 Å². The fourth-order valence-electron chi connectivity index (χ4n) is 0.816. The summed E-state index contributed by atoms with van der Waals surface area (Å²) in [5.41, 5.74) is 1.21. The molecule has 0 spiro atoms. The van der Waals surface area contributed by atoms with Crippen LogP contribution in [0.25, 0.3) is 0 Å². The smallest absolute Gasteiger partial charge is 0.127 e. The Balaban J connectivity index is 2.66. The molecular weight excluding hydrogens is 136 g/mol. The molecule has 0 saturated heterocycles. The maximum atomic E-state index is 5.41. The van der Waals surface area contributed by atoms with Gasteiger partial charge in [0, 0.05) is 6.07 Å². The zero-order chi connectivity index (χ0) is 8.27. The summed E-state index contributed by atoms with van der Waals surface area (Å²) in [4.78, 5) is 0. The quantitative estimate of drug-likeness (QED) is 0.628. The maximum absolute atomic E-state index is 5.41. The van der Waals surface area contributed by atoms with Gasteiger partial charge in [0.15, 0.2) is 0 Å². The summed E-state index contributed by atoms with van der Waals surface area (Å²) in [7, 11) is 0. The second-order valence-electron chi connectivity index (χ2n) is 2.90. The zero-order valence-corrected chi connectivity index (χ0v) is 7.22. The number of aryl methyl sites for hydroxylation is 1. The van der Waals surface area contributed by atoms with Crippen molar-refractivity contribution in [3.63, 3.8) is 0 Å². The number of ether oxygens (including phenoxy) is 1. The van der Waals surface area contributed by atoms with E-state index >= 15 is 0 Å². The molecule has 59 valence electrons. The van der Waals surface area contributed by atoms with Gasteiger partial charge in [-0.1, -0.05) is 11.6 Å².